The Kier molecular flexibility index (Phi) is 7.59. The van der Waals surface area contributed by atoms with E-state index in [1.165, 1.54) is 6.08 Å². The van der Waals surface area contributed by atoms with Crippen molar-refractivity contribution in [1.29, 1.82) is 0 Å². The van der Waals surface area contributed by atoms with E-state index in [4.69, 9.17) is 0 Å². The molecule has 2 N–H and O–H groups in total. The van der Waals surface area contributed by atoms with Crippen molar-refractivity contribution >= 4 is 27.7 Å². The van der Waals surface area contributed by atoms with Gasteiger partial charge in [-0.1, -0.05) is 44.2 Å². The van der Waals surface area contributed by atoms with Crippen LogP contribution in [-0.2, 0) is 10.0 Å². The lowest BCUT2D eigenvalue weighted by Gasteiger charge is -2.28. The van der Waals surface area contributed by atoms with Crippen LogP contribution in [0.5, 0.6) is 0 Å². The van der Waals surface area contributed by atoms with Gasteiger partial charge < -0.3 is 10.2 Å². The second kappa shape index (κ2) is 9.71. The molecule has 156 valence electrons. The predicted octanol–water partition coefficient (Wildman–Crippen LogP) is 3.42. The second-order valence-corrected chi connectivity index (χ2v) is 9.59. The maximum Gasteiger partial charge on any atom is 0.255 e. The van der Waals surface area contributed by atoms with Crippen LogP contribution >= 0.6 is 0 Å². The first-order valence-corrected chi connectivity index (χ1v) is 10.9. The molecule has 6 nitrogen and oxygen atoms in total. The van der Waals surface area contributed by atoms with Crippen molar-refractivity contribution in [2.45, 2.75) is 13.8 Å². The summed E-state index contributed by atoms with van der Waals surface area (Å²) in [6.45, 7) is 5.58. The molecule has 0 saturated heterocycles. The Labute approximate surface area is 173 Å². The number of amides is 1. The van der Waals surface area contributed by atoms with E-state index in [0.29, 0.717) is 17.8 Å². The van der Waals surface area contributed by atoms with Gasteiger partial charge in [0.05, 0.1) is 5.41 Å². The van der Waals surface area contributed by atoms with E-state index in [0.717, 1.165) is 17.5 Å². The van der Waals surface area contributed by atoms with E-state index in [-0.39, 0.29) is 11.3 Å². The summed E-state index contributed by atoms with van der Waals surface area (Å²) in [7, 11) is 0.354. The third-order valence-electron chi connectivity index (χ3n) is 4.12. The number of hydrogen-bond acceptors (Lipinski definition) is 4. The molecule has 2 rings (SSSR count). The van der Waals surface area contributed by atoms with Gasteiger partial charge in [-0.2, -0.15) is 0 Å². The molecule has 2 aromatic rings. The smallest absolute Gasteiger partial charge is 0.255 e. The van der Waals surface area contributed by atoms with Crippen LogP contribution in [0.4, 0.5) is 5.69 Å². The molecule has 0 aliphatic carbocycles. The first-order chi connectivity index (χ1) is 13.6. The van der Waals surface area contributed by atoms with Crippen molar-refractivity contribution in [2.24, 2.45) is 5.41 Å². The van der Waals surface area contributed by atoms with Crippen molar-refractivity contribution in [1.82, 2.24) is 10.2 Å². The van der Waals surface area contributed by atoms with Crippen molar-refractivity contribution in [3.8, 4) is 0 Å². The third-order valence-corrected chi connectivity index (χ3v) is 5.13. The number of nitrogens with zero attached hydrogens (tertiary/aromatic N) is 1. The zero-order valence-electron chi connectivity index (χ0n) is 17.3. The van der Waals surface area contributed by atoms with Crippen LogP contribution in [0.25, 0.3) is 6.08 Å². The average molecular weight is 416 g/mol. The molecule has 2 aromatic carbocycles. The third kappa shape index (κ3) is 8.09. The van der Waals surface area contributed by atoms with Gasteiger partial charge in [0, 0.05) is 24.3 Å². The minimum Gasteiger partial charge on any atom is -0.351 e. The Hall–Kier alpha value is -2.64. The largest absolute Gasteiger partial charge is 0.351 e. The van der Waals surface area contributed by atoms with Gasteiger partial charge in [0.25, 0.3) is 15.9 Å². The van der Waals surface area contributed by atoms with Crippen LogP contribution in [0.3, 0.4) is 0 Å². The summed E-state index contributed by atoms with van der Waals surface area (Å²) >= 11 is 0. The summed E-state index contributed by atoms with van der Waals surface area (Å²) in [5.74, 6) is -0.185. The molecule has 0 atom stereocenters. The van der Waals surface area contributed by atoms with E-state index in [9.17, 15) is 13.2 Å². The molecule has 0 heterocycles. The van der Waals surface area contributed by atoms with E-state index in [1.807, 2.05) is 44.4 Å². The zero-order chi connectivity index (χ0) is 21.5. The van der Waals surface area contributed by atoms with Gasteiger partial charge in [0.1, 0.15) is 0 Å². The fourth-order valence-electron chi connectivity index (χ4n) is 2.95. The standard InChI is InChI=1S/C22H29N3O3S/c1-22(2,17-25(3)4)16-23-21(26)19-10-12-20(13-11-19)24-29(27,28)15-14-18-8-6-5-7-9-18/h5-15,24H,16-17H2,1-4H3,(H,23,26)/b15-14+. The number of benzene rings is 2. The molecule has 1 amide bonds. The number of rotatable bonds is 9. The number of carbonyl (C=O) groups excluding carboxylic acids is 1. The highest BCUT2D eigenvalue weighted by Gasteiger charge is 2.20. The Morgan fingerprint density at radius 2 is 1.66 bits per heavy atom. The highest BCUT2D eigenvalue weighted by atomic mass is 32.2. The lowest BCUT2D eigenvalue weighted by molar-refractivity contribution is 0.0929. The van der Waals surface area contributed by atoms with Crippen LogP contribution in [0, 0.1) is 5.41 Å². The van der Waals surface area contributed by atoms with Gasteiger partial charge in [-0.15, -0.1) is 0 Å². The average Bonchev–Trinajstić information content (AvgIpc) is 2.65. The molecule has 7 heteroatoms. The van der Waals surface area contributed by atoms with Crippen LogP contribution in [0.15, 0.2) is 60.0 Å². The number of anilines is 1. The molecule has 0 unspecified atom stereocenters. The van der Waals surface area contributed by atoms with Crippen molar-refractivity contribution < 1.29 is 13.2 Å². The Bertz CT molecular complexity index is 935. The normalized spacial score (nSPS) is 12.3. The summed E-state index contributed by atoms with van der Waals surface area (Å²) in [5, 5.41) is 4.06. The quantitative estimate of drug-likeness (QED) is 0.658. The van der Waals surface area contributed by atoms with E-state index < -0.39 is 10.0 Å². The van der Waals surface area contributed by atoms with Gasteiger partial charge in [-0.3, -0.25) is 9.52 Å². The summed E-state index contributed by atoms with van der Waals surface area (Å²) in [6, 6.07) is 15.5. The molecule has 0 aromatic heterocycles. The lowest BCUT2D eigenvalue weighted by Crippen LogP contribution is -2.39. The molecule has 0 aliphatic rings. The lowest BCUT2D eigenvalue weighted by atomic mass is 9.93. The van der Waals surface area contributed by atoms with Crippen LogP contribution in [-0.4, -0.2) is 46.4 Å². The molecular weight excluding hydrogens is 386 g/mol. The SMILES string of the molecule is CN(C)CC(C)(C)CNC(=O)c1ccc(NS(=O)(=O)/C=C/c2ccccc2)cc1. The number of hydrogen-bond donors (Lipinski definition) is 2. The summed E-state index contributed by atoms with van der Waals surface area (Å²) in [4.78, 5) is 14.4. The Morgan fingerprint density at radius 1 is 1.03 bits per heavy atom. The molecule has 29 heavy (non-hydrogen) atoms. The van der Waals surface area contributed by atoms with Gasteiger partial charge in [0.2, 0.25) is 0 Å². The first kappa shape index (κ1) is 22.6. The number of carbonyl (C=O) groups is 1. The predicted molar refractivity (Wildman–Crippen MR) is 119 cm³/mol. The fraction of sp³-hybridized carbons (Fsp3) is 0.318. The molecule has 0 spiro atoms. The highest BCUT2D eigenvalue weighted by Crippen LogP contribution is 2.16. The molecule has 0 fully saturated rings. The summed E-state index contributed by atoms with van der Waals surface area (Å²) in [5.41, 5.74) is 1.61. The van der Waals surface area contributed by atoms with Gasteiger partial charge in [-0.25, -0.2) is 8.42 Å². The zero-order valence-corrected chi connectivity index (χ0v) is 18.2. The van der Waals surface area contributed by atoms with Gasteiger partial charge in [-0.05, 0) is 55.4 Å². The molecule has 0 radical (unpaired) electrons. The van der Waals surface area contributed by atoms with Gasteiger partial charge in [0.15, 0.2) is 0 Å². The molecule has 0 bridgehead atoms. The monoisotopic (exact) mass is 415 g/mol. The van der Waals surface area contributed by atoms with E-state index in [2.05, 4.69) is 28.8 Å². The second-order valence-electron chi connectivity index (χ2n) is 8.02. The van der Waals surface area contributed by atoms with Crippen molar-refractivity contribution in [3.63, 3.8) is 0 Å². The van der Waals surface area contributed by atoms with Crippen LogP contribution in [0.2, 0.25) is 0 Å². The fourth-order valence-corrected chi connectivity index (χ4v) is 3.82. The maximum absolute atomic E-state index is 12.4. The summed E-state index contributed by atoms with van der Waals surface area (Å²) in [6.07, 6.45) is 1.53. The topological polar surface area (TPSA) is 78.5 Å². The maximum atomic E-state index is 12.4. The van der Waals surface area contributed by atoms with E-state index >= 15 is 0 Å². The van der Waals surface area contributed by atoms with Crippen molar-refractivity contribution in [2.75, 3.05) is 31.9 Å². The Balaban J connectivity index is 1.95. The molecular formula is C22H29N3O3S. The minimum absolute atomic E-state index is 0.0557. The van der Waals surface area contributed by atoms with Crippen LogP contribution in [0.1, 0.15) is 29.8 Å². The van der Waals surface area contributed by atoms with Crippen molar-refractivity contribution in [3.05, 3.63) is 71.1 Å². The first-order valence-electron chi connectivity index (χ1n) is 9.35. The van der Waals surface area contributed by atoms with Crippen LogP contribution < -0.4 is 10.0 Å². The molecule has 0 aliphatic heterocycles. The summed E-state index contributed by atoms with van der Waals surface area (Å²) < 4.78 is 26.9. The van der Waals surface area contributed by atoms with Gasteiger partial charge >= 0.3 is 0 Å². The minimum atomic E-state index is -3.64. The number of sulfonamides is 1. The Morgan fingerprint density at radius 3 is 2.24 bits per heavy atom. The number of nitrogens with one attached hydrogen (secondary N) is 2. The molecule has 0 saturated carbocycles. The highest BCUT2D eigenvalue weighted by molar-refractivity contribution is 7.95. The van der Waals surface area contributed by atoms with E-state index in [1.54, 1.807) is 24.3 Å².